The van der Waals surface area contributed by atoms with E-state index in [1.165, 1.54) is 10.8 Å². The van der Waals surface area contributed by atoms with E-state index in [9.17, 15) is 9.18 Å². The summed E-state index contributed by atoms with van der Waals surface area (Å²) < 4.78 is 13.4. The highest BCUT2D eigenvalue weighted by Gasteiger charge is 2.03. The Labute approximate surface area is 69.5 Å². The van der Waals surface area contributed by atoms with Crippen molar-refractivity contribution in [3.8, 4) is 0 Å². The number of hydrogen-bond donors (Lipinski definition) is 0. The first-order valence-electron chi connectivity index (χ1n) is 3.52. The number of aldehydes is 1. The molecule has 0 saturated carbocycles. The fourth-order valence-electron chi connectivity index (χ4n) is 0.899. The molecule has 0 aliphatic heterocycles. The van der Waals surface area contributed by atoms with Crippen molar-refractivity contribution in [2.75, 3.05) is 6.67 Å². The van der Waals surface area contributed by atoms with Crippen molar-refractivity contribution in [3.05, 3.63) is 24.8 Å². The SMILES string of the molecule is C=C(CCF)n1ccnc1C=O. The first kappa shape index (κ1) is 8.64. The Morgan fingerprint density at radius 1 is 1.83 bits per heavy atom. The zero-order valence-electron chi connectivity index (χ0n) is 6.53. The van der Waals surface area contributed by atoms with Crippen LogP contribution >= 0.6 is 0 Å². The van der Waals surface area contributed by atoms with Gasteiger partial charge in [-0.3, -0.25) is 9.18 Å². The van der Waals surface area contributed by atoms with Crippen LogP contribution in [0.25, 0.3) is 5.70 Å². The molecule has 0 radical (unpaired) electrons. The van der Waals surface area contributed by atoms with E-state index in [1.54, 1.807) is 6.20 Å². The van der Waals surface area contributed by atoms with Gasteiger partial charge in [-0.1, -0.05) is 6.58 Å². The minimum absolute atomic E-state index is 0.219. The molecule has 1 aromatic rings. The lowest BCUT2D eigenvalue weighted by Gasteiger charge is -2.04. The number of imidazole rings is 1. The largest absolute Gasteiger partial charge is 0.302 e. The predicted octanol–water partition coefficient (Wildman–Crippen LogP) is 1.53. The summed E-state index contributed by atoms with van der Waals surface area (Å²) in [5, 5.41) is 0. The molecule has 0 aromatic carbocycles. The molecule has 64 valence electrons. The van der Waals surface area contributed by atoms with Crippen LogP contribution in [0.15, 0.2) is 19.0 Å². The van der Waals surface area contributed by atoms with E-state index >= 15 is 0 Å². The van der Waals surface area contributed by atoms with Crippen LogP contribution in [0.4, 0.5) is 4.39 Å². The first-order chi connectivity index (χ1) is 5.79. The maximum Gasteiger partial charge on any atom is 0.185 e. The molecule has 0 aliphatic carbocycles. The molecule has 0 amide bonds. The molecule has 0 atom stereocenters. The van der Waals surface area contributed by atoms with Gasteiger partial charge in [0.15, 0.2) is 12.1 Å². The molecular formula is C8H9FN2O. The first-order valence-corrected chi connectivity index (χ1v) is 3.52. The molecule has 0 saturated heterocycles. The van der Waals surface area contributed by atoms with Gasteiger partial charge in [-0.2, -0.15) is 0 Å². The van der Waals surface area contributed by atoms with Gasteiger partial charge in [-0.15, -0.1) is 0 Å². The molecule has 4 heteroatoms. The lowest BCUT2D eigenvalue weighted by Crippen LogP contribution is -2.00. The monoisotopic (exact) mass is 168 g/mol. The van der Waals surface area contributed by atoms with Gasteiger partial charge in [0.25, 0.3) is 0 Å². The van der Waals surface area contributed by atoms with Crippen molar-refractivity contribution in [3.63, 3.8) is 0 Å². The molecule has 0 aliphatic rings. The minimum Gasteiger partial charge on any atom is -0.302 e. The summed E-state index contributed by atoms with van der Waals surface area (Å²) in [6.45, 7) is 3.14. The summed E-state index contributed by atoms with van der Waals surface area (Å²) in [6, 6.07) is 0. The van der Waals surface area contributed by atoms with Crippen molar-refractivity contribution in [2.24, 2.45) is 0 Å². The molecule has 0 N–H and O–H groups in total. The van der Waals surface area contributed by atoms with E-state index < -0.39 is 6.67 Å². The Morgan fingerprint density at radius 2 is 2.58 bits per heavy atom. The van der Waals surface area contributed by atoms with Gasteiger partial charge >= 0.3 is 0 Å². The highest BCUT2D eigenvalue weighted by molar-refractivity contribution is 5.71. The van der Waals surface area contributed by atoms with Crippen LogP contribution in [0, 0.1) is 0 Å². The van der Waals surface area contributed by atoms with E-state index in [0.29, 0.717) is 12.0 Å². The number of aromatic nitrogens is 2. The number of allylic oxidation sites excluding steroid dienone is 1. The van der Waals surface area contributed by atoms with Gasteiger partial charge in [-0.25, -0.2) is 4.98 Å². The van der Waals surface area contributed by atoms with Crippen LogP contribution in [0.5, 0.6) is 0 Å². The van der Waals surface area contributed by atoms with E-state index in [1.807, 2.05) is 0 Å². The third-order valence-electron chi connectivity index (χ3n) is 1.50. The number of nitrogens with zero attached hydrogens (tertiary/aromatic N) is 2. The second-order valence-corrected chi connectivity index (χ2v) is 2.28. The maximum atomic E-state index is 11.9. The Hall–Kier alpha value is -1.45. The van der Waals surface area contributed by atoms with Crippen molar-refractivity contribution in [1.29, 1.82) is 0 Å². The lowest BCUT2D eigenvalue weighted by molar-refractivity contribution is 0.111. The zero-order chi connectivity index (χ0) is 8.97. The average Bonchev–Trinajstić information content (AvgIpc) is 2.51. The van der Waals surface area contributed by atoms with Crippen LogP contribution in [0.1, 0.15) is 17.0 Å². The fourth-order valence-corrected chi connectivity index (χ4v) is 0.899. The summed E-state index contributed by atoms with van der Waals surface area (Å²) in [5.74, 6) is 0.258. The molecule has 0 spiro atoms. The fraction of sp³-hybridized carbons (Fsp3) is 0.250. The standard InChI is InChI=1S/C8H9FN2O/c1-7(2-3-9)11-5-4-10-8(11)6-12/h4-6H,1-3H2. The normalized spacial score (nSPS) is 9.75. The van der Waals surface area contributed by atoms with Crippen molar-refractivity contribution in [2.45, 2.75) is 6.42 Å². The highest BCUT2D eigenvalue weighted by atomic mass is 19.1. The molecule has 3 nitrogen and oxygen atoms in total. The zero-order valence-corrected chi connectivity index (χ0v) is 6.53. The number of alkyl halides is 1. The summed E-state index contributed by atoms with van der Waals surface area (Å²) in [5.41, 5.74) is 0.539. The Kier molecular flexibility index (Phi) is 2.74. The van der Waals surface area contributed by atoms with E-state index in [0.717, 1.165) is 0 Å². The summed E-state index contributed by atoms with van der Waals surface area (Å²) >= 11 is 0. The number of hydrogen-bond acceptors (Lipinski definition) is 2. The van der Waals surface area contributed by atoms with Crippen LogP contribution in [-0.2, 0) is 0 Å². The topological polar surface area (TPSA) is 34.9 Å². The molecule has 1 heterocycles. The van der Waals surface area contributed by atoms with Crippen LogP contribution in [0.2, 0.25) is 0 Å². The second kappa shape index (κ2) is 3.80. The Morgan fingerprint density at radius 3 is 3.17 bits per heavy atom. The van der Waals surface area contributed by atoms with Gasteiger partial charge in [0.2, 0.25) is 0 Å². The second-order valence-electron chi connectivity index (χ2n) is 2.28. The minimum atomic E-state index is -0.477. The molecule has 12 heavy (non-hydrogen) atoms. The van der Waals surface area contributed by atoms with E-state index in [-0.39, 0.29) is 12.2 Å². The maximum absolute atomic E-state index is 11.9. The van der Waals surface area contributed by atoms with Gasteiger partial charge in [-0.05, 0) is 0 Å². The Balaban J connectivity index is 2.86. The van der Waals surface area contributed by atoms with Crippen LogP contribution in [-0.4, -0.2) is 22.5 Å². The van der Waals surface area contributed by atoms with Gasteiger partial charge in [0, 0.05) is 24.5 Å². The van der Waals surface area contributed by atoms with Gasteiger partial charge in [0.1, 0.15) is 0 Å². The van der Waals surface area contributed by atoms with Crippen molar-refractivity contribution >= 4 is 12.0 Å². The quantitative estimate of drug-likeness (QED) is 0.639. The molecule has 0 unspecified atom stereocenters. The third-order valence-corrected chi connectivity index (χ3v) is 1.50. The number of carbonyl (C=O) groups excluding carboxylic acids is 1. The number of carbonyl (C=O) groups is 1. The molecular weight excluding hydrogens is 159 g/mol. The molecule has 0 bridgehead atoms. The van der Waals surface area contributed by atoms with Gasteiger partial charge in [0.05, 0.1) is 6.67 Å². The van der Waals surface area contributed by atoms with Crippen molar-refractivity contribution < 1.29 is 9.18 Å². The third kappa shape index (κ3) is 1.58. The number of halogens is 1. The number of rotatable bonds is 4. The average molecular weight is 168 g/mol. The molecule has 0 fully saturated rings. The van der Waals surface area contributed by atoms with E-state index in [2.05, 4.69) is 11.6 Å². The molecule has 1 rings (SSSR count). The Bertz CT molecular complexity index is 293. The predicted molar refractivity (Wildman–Crippen MR) is 43.5 cm³/mol. The summed E-state index contributed by atoms with van der Waals surface area (Å²) in [6.07, 6.45) is 3.90. The summed E-state index contributed by atoms with van der Waals surface area (Å²) in [4.78, 5) is 14.1. The summed E-state index contributed by atoms with van der Waals surface area (Å²) in [7, 11) is 0. The van der Waals surface area contributed by atoms with Crippen molar-refractivity contribution in [1.82, 2.24) is 9.55 Å². The molecule has 1 aromatic heterocycles. The van der Waals surface area contributed by atoms with Gasteiger partial charge < -0.3 is 4.57 Å². The smallest absolute Gasteiger partial charge is 0.185 e. The lowest BCUT2D eigenvalue weighted by atomic mass is 10.3. The van der Waals surface area contributed by atoms with E-state index in [4.69, 9.17) is 0 Å². The van der Waals surface area contributed by atoms with Crippen LogP contribution in [0.3, 0.4) is 0 Å². The highest BCUT2D eigenvalue weighted by Crippen LogP contribution is 2.08. The van der Waals surface area contributed by atoms with Crippen LogP contribution < -0.4 is 0 Å².